The van der Waals surface area contributed by atoms with Gasteiger partial charge in [0.1, 0.15) is 16.9 Å². The molecule has 608 valence electrons. The molecule has 0 aliphatic rings. The molecule has 0 spiro atoms. The van der Waals surface area contributed by atoms with E-state index < -0.39 is 0 Å². The molecule has 0 N–H and O–H groups in total. The van der Waals surface area contributed by atoms with Crippen molar-refractivity contribution >= 4 is 120 Å². The van der Waals surface area contributed by atoms with Crippen LogP contribution in [0.3, 0.4) is 0 Å². The third-order valence-corrected chi connectivity index (χ3v) is 25.0. The van der Waals surface area contributed by atoms with E-state index in [1.165, 1.54) is 0 Å². The van der Waals surface area contributed by atoms with Gasteiger partial charge in [0.15, 0.2) is 69.9 Å². The van der Waals surface area contributed by atoms with Crippen molar-refractivity contribution < 1.29 is 4.42 Å². The van der Waals surface area contributed by atoms with Crippen molar-refractivity contribution in [3.63, 3.8) is 0 Å². The highest BCUT2D eigenvalue weighted by Gasteiger charge is 2.29. The molecule has 0 atom stereocenters. The Hall–Kier alpha value is -18.2. The number of pyridine rings is 4. The number of rotatable bonds is 13. The molecule has 0 unspecified atom stereocenters. The van der Waals surface area contributed by atoms with Gasteiger partial charge in [0.2, 0.25) is 0 Å². The van der Waals surface area contributed by atoms with Gasteiger partial charge < -0.3 is 13.2 Å². The van der Waals surface area contributed by atoms with E-state index >= 15 is 0 Å². The number of aromatic nitrogens is 16. The molecule has 0 fully saturated rings. The first kappa shape index (κ1) is 74.2. The Balaban J connectivity index is 0.000000138. The van der Waals surface area contributed by atoms with E-state index in [2.05, 4.69) is 159 Å². The summed E-state index contributed by atoms with van der Waals surface area (Å²) in [6.45, 7) is 0. The highest BCUT2D eigenvalue weighted by molar-refractivity contribution is 6.32. The molecule has 0 bridgehead atoms. The first-order valence-electron chi connectivity index (χ1n) is 43.4. The SMILES string of the molecule is c1ccc(-c2nc(-c3ccc4oc5ccccc5c4c3)nc(-c3ccc4c5cccc(-c6nc(-c7ccccc7)nc(-c7ccccc7)n6)c5n5c6cccc7cccc(c3c45)c76)n2)cc1.c1ccc(-c2nc(-c3ccccc3)nc(-c3ccc4c(c3)c3cccc5c6ccc(-c7nc(-c8ccccc8)nc(-c8ccc(-c9ccccn9)cn8)n7)c7cccc(c76)n4c53)n2)cc1. The summed E-state index contributed by atoms with van der Waals surface area (Å²) in [5.74, 6) is 7.09. The van der Waals surface area contributed by atoms with Crippen LogP contribution in [0, 0.1) is 0 Å². The maximum Gasteiger partial charge on any atom is 0.182 e. The van der Waals surface area contributed by atoms with Crippen molar-refractivity contribution in [3.8, 4) is 148 Å². The summed E-state index contributed by atoms with van der Waals surface area (Å²) in [5.41, 5.74) is 20.6. The molecule has 27 aromatic rings. The topological polar surface area (TPSA) is 202 Å². The molecular weight excluding hydrogens is 1610 g/mol. The maximum atomic E-state index is 6.22. The summed E-state index contributed by atoms with van der Waals surface area (Å²) in [7, 11) is 0. The van der Waals surface area contributed by atoms with Crippen molar-refractivity contribution in [2.24, 2.45) is 0 Å². The van der Waals surface area contributed by atoms with Crippen LogP contribution >= 0.6 is 0 Å². The van der Waals surface area contributed by atoms with Crippen LogP contribution in [0.15, 0.2) is 405 Å². The van der Waals surface area contributed by atoms with Crippen molar-refractivity contribution in [1.29, 1.82) is 0 Å². The normalized spacial score (nSPS) is 11.8. The summed E-state index contributed by atoms with van der Waals surface area (Å²) < 4.78 is 11.0. The zero-order chi connectivity index (χ0) is 86.1. The van der Waals surface area contributed by atoms with Gasteiger partial charge in [-0.15, -0.1) is 0 Å². The van der Waals surface area contributed by atoms with Gasteiger partial charge >= 0.3 is 0 Å². The third-order valence-electron chi connectivity index (χ3n) is 25.0. The third kappa shape index (κ3) is 12.5. The van der Waals surface area contributed by atoms with Gasteiger partial charge in [0, 0.05) is 133 Å². The smallest absolute Gasteiger partial charge is 0.182 e. The van der Waals surface area contributed by atoms with E-state index in [1.807, 2.05) is 249 Å². The number of nitrogens with zero attached hydrogens (tertiary/aromatic N) is 16. The fourth-order valence-electron chi connectivity index (χ4n) is 19.0. The van der Waals surface area contributed by atoms with Gasteiger partial charge in [0.25, 0.3) is 0 Å². The molecule has 0 saturated carbocycles. The molecule has 131 heavy (non-hydrogen) atoms. The van der Waals surface area contributed by atoms with Crippen molar-refractivity contribution in [3.05, 3.63) is 401 Å². The Morgan fingerprint density at radius 3 is 1.18 bits per heavy atom. The zero-order valence-corrected chi connectivity index (χ0v) is 69.7. The predicted octanol–water partition coefficient (Wildman–Crippen LogP) is 27.1. The van der Waals surface area contributed by atoms with E-state index in [0.29, 0.717) is 75.6 Å². The average Bonchev–Trinajstić information content (AvgIpc) is 1.52. The van der Waals surface area contributed by atoms with Crippen LogP contribution in [-0.4, -0.2) is 78.6 Å². The second kappa shape index (κ2) is 30.3. The largest absolute Gasteiger partial charge is 0.456 e. The minimum absolute atomic E-state index is 0.492. The molecule has 0 amide bonds. The number of benzene rings is 16. The van der Waals surface area contributed by atoms with Crippen molar-refractivity contribution in [2.45, 2.75) is 0 Å². The van der Waals surface area contributed by atoms with E-state index in [4.69, 9.17) is 69.2 Å². The van der Waals surface area contributed by atoms with Gasteiger partial charge in [-0.1, -0.05) is 291 Å². The minimum Gasteiger partial charge on any atom is -0.456 e. The molecule has 0 aliphatic carbocycles. The standard InChI is InChI=1S/C58H33N7O.C56H33N9/c1-4-15-35(16-5-1)53-59-54(36-17-6-2-7-18-36)63-58(62-53)44-26-14-24-40-41-30-31-43(50-42-25-12-21-34-22-13-27-46(49(34)42)65(51(40)44)52(41)50)57-61-55(37-19-8-3-9-20-37)60-56(64-57)38-29-32-48-45(33-38)39-23-10-11-28-47(39)66-48;1-4-14-34(15-5-1)51-59-52(35-16-6-2-7-17-35)61-54(60-51)37-26-30-47-44(32-37)42-22-12-21-41-40-27-28-43(39-20-13-24-48(49(39)40)65(47)50(41)42)55-62-53(36-18-8-3-9-19-36)63-56(64-55)46-29-25-38(33-58-46)45-23-10-11-31-57-45/h1-33H;1-33H. The number of hydrogen-bond donors (Lipinski definition) is 0. The summed E-state index contributed by atoms with van der Waals surface area (Å²) >= 11 is 0. The van der Waals surface area contributed by atoms with Crippen molar-refractivity contribution in [1.82, 2.24) is 78.6 Å². The van der Waals surface area contributed by atoms with Crippen LogP contribution in [0.1, 0.15) is 0 Å². The fourth-order valence-corrected chi connectivity index (χ4v) is 19.0. The van der Waals surface area contributed by atoms with E-state index in [-0.39, 0.29) is 0 Å². The minimum atomic E-state index is 0.492. The zero-order valence-electron chi connectivity index (χ0n) is 69.7. The van der Waals surface area contributed by atoms with Crippen LogP contribution in [0.5, 0.6) is 0 Å². The van der Waals surface area contributed by atoms with Gasteiger partial charge in [-0.3, -0.25) is 9.97 Å². The van der Waals surface area contributed by atoms with Gasteiger partial charge in [-0.2, -0.15) is 0 Å². The van der Waals surface area contributed by atoms with Crippen LogP contribution < -0.4 is 0 Å². The molecule has 16 aromatic carbocycles. The lowest BCUT2D eigenvalue weighted by Gasteiger charge is -2.16. The maximum absolute atomic E-state index is 6.22. The Kier molecular flexibility index (Phi) is 17.2. The first-order chi connectivity index (χ1) is 64.9. The molecular formula is C114H66N16O. The summed E-state index contributed by atoms with van der Waals surface area (Å²) in [5, 5.41) is 15.5. The average molecular weight is 1680 g/mol. The van der Waals surface area contributed by atoms with Gasteiger partial charge in [-0.05, 0) is 119 Å². The van der Waals surface area contributed by atoms with Crippen LogP contribution in [0.25, 0.3) is 268 Å². The van der Waals surface area contributed by atoms with Crippen molar-refractivity contribution in [2.75, 3.05) is 0 Å². The van der Waals surface area contributed by atoms with Crippen LogP contribution in [0.2, 0.25) is 0 Å². The monoisotopic (exact) mass is 1670 g/mol. The number of furan rings is 1. The predicted molar refractivity (Wildman–Crippen MR) is 524 cm³/mol. The molecule has 11 aromatic heterocycles. The fraction of sp³-hybridized carbons (Fsp3) is 0. The highest BCUT2D eigenvalue weighted by Crippen LogP contribution is 2.49. The molecule has 17 heteroatoms. The van der Waals surface area contributed by atoms with E-state index in [0.717, 1.165) is 192 Å². The molecule has 11 heterocycles. The molecule has 17 nitrogen and oxygen atoms in total. The summed E-state index contributed by atoms with van der Waals surface area (Å²) in [6, 6.07) is 133. The number of fused-ring (bicyclic) bond motifs is 13. The Morgan fingerprint density at radius 1 is 0.183 bits per heavy atom. The second-order valence-corrected chi connectivity index (χ2v) is 32.6. The summed E-state index contributed by atoms with van der Waals surface area (Å²) in [4.78, 5) is 71.0. The van der Waals surface area contributed by atoms with E-state index in [1.54, 1.807) is 6.20 Å². The second-order valence-electron chi connectivity index (χ2n) is 32.6. The summed E-state index contributed by atoms with van der Waals surface area (Å²) in [6.07, 6.45) is 3.61. The lowest BCUT2D eigenvalue weighted by molar-refractivity contribution is 0.669. The molecule has 0 saturated heterocycles. The van der Waals surface area contributed by atoms with Crippen LogP contribution in [-0.2, 0) is 0 Å². The molecule has 0 radical (unpaired) electrons. The highest BCUT2D eigenvalue weighted by atomic mass is 16.3. The Bertz CT molecular complexity index is 9080. The first-order valence-corrected chi connectivity index (χ1v) is 43.4. The van der Waals surface area contributed by atoms with Gasteiger partial charge in [0.05, 0.1) is 38.8 Å². The Morgan fingerprint density at radius 2 is 0.595 bits per heavy atom. The van der Waals surface area contributed by atoms with E-state index in [9.17, 15) is 0 Å². The Labute approximate surface area is 746 Å². The molecule has 27 rings (SSSR count). The number of para-hydroxylation sites is 3. The van der Waals surface area contributed by atoms with Gasteiger partial charge in [-0.25, -0.2) is 59.8 Å². The van der Waals surface area contributed by atoms with Crippen LogP contribution in [0.4, 0.5) is 0 Å². The quantitative estimate of drug-likeness (QED) is 0.0778. The number of hydrogen-bond acceptors (Lipinski definition) is 15. The lowest BCUT2D eigenvalue weighted by Crippen LogP contribution is -2.02. The molecule has 0 aliphatic heterocycles. The lowest BCUT2D eigenvalue weighted by atomic mass is 9.95.